The fourth-order valence-corrected chi connectivity index (χ4v) is 2.39. The Kier molecular flexibility index (Phi) is 8.30. The molecule has 1 amide bonds. The third kappa shape index (κ3) is 5.63. The van der Waals surface area contributed by atoms with E-state index in [9.17, 15) is 4.79 Å². The number of benzene rings is 1. The molecule has 1 aromatic carbocycles. The minimum Gasteiger partial charge on any atom is -0.367 e. The van der Waals surface area contributed by atoms with Gasteiger partial charge < -0.3 is 15.4 Å². The van der Waals surface area contributed by atoms with Crippen molar-refractivity contribution < 1.29 is 9.53 Å². The van der Waals surface area contributed by atoms with Crippen LogP contribution >= 0.6 is 12.4 Å². The van der Waals surface area contributed by atoms with Gasteiger partial charge in [-0.25, -0.2) is 0 Å². The van der Waals surface area contributed by atoms with E-state index in [1.807, 2.05) is 30.3 Å². The predicted octanol–water partition coefficient (Wildman–Crippen LogP) is 0.817. The molecule has 1 aromatic rings. The van der Waals surface area contributed by atoms with Crippen LogP contribution in [0.5, 0.6) is 0 Å². The molecule has 1 fully saturated rings. The molecular formula is C15H24ClN3O2. The van der Waals surface area contributed by atoms with E-state index < -0.39 is 6.10 Å². The van der Waals surface area contributed by atoms with Gasteiger partial charge in [-0.2, -0.15) is 0 Å². The van der Waals surface area contributed by atoms with Crippen LogP contribution in [-0.4, -0.2) is 57.2 Å². The molecule has 21 heavy (non-hydrogen) atoms. The number of nitrogens with zero attached hydrogens (tertiary/aromatic N) is 1. The second-order valence-corrected chi connectivity index (χ2v) is 4.91. The molecule has 2 N–H and O–H groups in total. The molecule has 0 saturated carbocycles. The number of hydrogen-bond donors (Lipinski definition) is 2. The lowest BCUT2D eigenvalue weighted by Crippen LogP contribution is -2.46. The average molecular weight is 314 g/mol. The second kappa shape index (κ2) is 9.73. The highest BCUT2D eigenvalue weighted by Gasteiger charge is 2.19. The summed E-state index contributed by atoms with van der Waals surface area (Å²) in [6, 6.07) is 9.57. The van der Waals surface area contributed by atoms with Crippen LogP contribution in [0.3, 0.4) is 0 Å². The summed E-state index contributed by atoms with van der Waals surface area (Å²) in [6.07, 6.45) is -0.528. The Labute approximate surface area is 132 Å². The number of carbonyl (C=O) groups excluding carboxylic acids is 1. The van der Waals surface area contributed by atoms with Gasteiger partial charge in [-0.15, -0.1) is 12.4 Å². The monoisotopic (exact) mass is 313 g/mol. The van der Waals surface area contributed by atoms with E-state index in [0.29, 0.717) is 6.54 Å². The van der Waals surface area contributed by atoms with Crippen molar-refractivity contribution in [2.75, 3.05) is 46.4 Å². The molecule has 6 heteroatoms. The predicted molar refractivity (Wildman–Crippen MR) is 85.8 cm³/mol. The van der Waals surface area contributed by atoms with Crippen molar-refractivity contribution in [2.24, 2.45) is 0 Å². The third-order valence-electron chi connectivity index (χ3n) is 3.51. The number of rotatable bonds is 6. The number of methoxy groups -OCH3 is 1. The summed E-state index contributed by atoms with van der Waals surface area (Å²) in [6.45, 7) is 5.69. The average Bonchev–Trinajstić information content (AvgIpc) is 2.50. The molecular weight excluding hydrogens is 290 g/mol. The molecule has 0 aromatic heterocycles. The first kappa shape index (κ1) is 17.9. The van der Waals surface area contributed by atoms with Crippen LogP contribution < -0.4 is 10.6 Å². The Morgan fingerprint density at radius 2 is 2.00 bits per heavy atom. The lowest BCUT2D eigenvalue weighted by Gasteiger charge is -2.27. The smallest absolute Gasteiger partial charge is 0.253 e. The summed E-state index contributed by atoms with van der Waals surface area (Å²) in [7, 11) is 1.56. The van der Waals surface area contributed by atoms with Gasteiger partial charge in [0, 0.05) is 46.4 Å². The zero-order valence-electron chi connectivity index (χ0n) is 12.4. The van der Waals surface area contributed by atoms with Gasteiger partial charge in [0.15, 0.2) is 6.10 Å². The van der Waals surface area contributed by atoms with Gasteiger partial charge in [0.25, 0.3) is 5.91 Å². The molecule has 1 saturated heterocycles. The molecule has 1 aliphatic heterocycles. The highest BCUT2D eigenvalue weighted by Crippen LogP contribution is 2.15. The molecule has 1 unspecified atom stereocenters. The molecule has 0 radical (unpaired) electrons. The first-order chi connectivity index (χ1) is 9.81. The lowest BCUT2D eigenvalue weighted by atomic mass is 10.1. The Morgan fingerprint density at radius 3 is 2.62 bits per heavy atom. The molecule has 0 spiro atoms. The van der Waals surface area contributed by atoms with E-state index in [0.717, 1.165) is 38.3 Å². The molecule has 1 heterocycles. The summed E-state index contributed by atoms with van der Waals surface area (Å²) in [5.41, 5.74) is 0.884. The van der Waals surface area contributed by atoms with Gasteiger partial charge in [0.1, 0.15) is 0 Å². The van der Waals surface area contributed by atoms with Crippen molar-refractivity contribution in [1.82, 2.24) is 15.5 Å². The molecule has 2 rings (SSSR count). The van der Waals surface area contributed by atoms with Crippen molar-refractivity contribution >= 4 is 18.3 Å². The molecule has 1 atom stereocenters. The van der Waals surface area contributed by atoms with Crippen LogP contribution in [0.15, 0.2) is 30.3 Å². The molecule has 0 aliphatic carbocycles. The minimum absolute atomic E-state index is 0. The number of ether oxygens (including phenoxy) is 1. The Bertz CT molecular complexity index is 411. The van der Waals surface area contributed by atoms with E-state index in [4.69, 9.17) is 4.74 Å². The number of piperazine rings is 1. The van der Waals surface area contributed by atoms with Crippen LogP contribution in [-0.2, 0) is 9.53 Å². The van der Waals surface area contributed by atoms with Gasteiger partial charge in [0.05, 0.1) is 0 Å². The van der Waals surface area contributed by atoms with Crippen molar-refractivity contribution in [1.29, 1.82) is 0 Å². The maximum Gasteiger partial charge on any atom is 0.253 e. The number of amides is 1. The van der Waals surface area contributed by atoms with Crippen LogP contribution in [0.25, 0.3) is 0 Å². The Hall–Kier alpha value is -1.14. The zero-order valence-corrected chi connectivity index (χ0v) is 13.2. The first-order valence-electron chi connectivity index (χ1n) is 7.10. The van der Waals surface area contributed by atoms with Crippen molar-refractivity contribution in [3.63, 3.8) is 0 Å². The van der Waals surface area contributed by atoms with Crippen LogP contribution in [0.4, 0.5) is 0 Å². The summed E-state index contributed by atoms with van der Waals surface area (Å²) >= 11 is 0. The molecule has 5 nitrogen and oxygen atoms in total. The first-order valence-corrected chi connectivity index (χ1v) is 7.10. The second-order valence-electron chi connectivity index (χ2n) is 4.91. The number of hydrogen-bond acceptors (Lipinski definition) is 4. The summed E-state index contributed by atoms with van der Waals surface area (Å²) in [5, 5.41) is 6.27. The normalized spacial score (nSPS) is 16.8. The molecule has 118 valence electrons. The Balaban J connectivity index is 0.00000220. The number of nitrogens with one attached hydrogen (secondary N) is 2. The van der Waals surface area contributed by atoms with Gasteiger partial charge in [-0.05, 0) is 5.56 Å². The summed E-state index contributed by atoms with van der Waals surface area (Å²) in [4.78, 5) is 14.5. The highest BCUT2D eigenvalue weighted by atomic mass is 35.5. The molecule has 0 bridgehead atoms. The maximum absolute atomic E-state index is 12.1. The van der Waals surface area contributed by atoms with Gasteiger partial charge >= 0.3 is 0 Å². The number of carbonyl (C=O) groups is 1. The summed E-state index contributed by atoms with van der Waals surface area (Å²) < 4.78 is 5.31. The highest BCUT2D eigenvalue weighted by molar-refractivity contribution is 5.85. The quantitative estimate of drug-likeness (QED) is 0.816. The Morgan fingerprint density at radius 1 is 1.33 bits per heavy atom. The fourth-order valence-electron chi connectivity index (χ4n) is 2.39. The largest absolute Gasteiger partial charge is 0.367 e. The topological polar surface area (TPSA) is 53.6 Å². The minimum atomic E-state index is -0.528. The van der Waals surface area contributed by atoms with Crippen molar-refractivity contribution in [3.8, 4) is 0 Å². The van der Waals surface area contributed by atoms with E-state index >= 15 is 0 Å². The molecule has 1 aliphatic rings. The van der Waals surface area contributed by atoms with Gasteiger partial charge in [-0.1, -0.05) is 30.3 Å². The van der Waals surface area contributed by atoms with Crippen LogP contribution in [0, 0.1) is 0 Å². The number of halogens is 1. The van der Waals surface area contributed by atoms with E-state index in [2.05, 4.69) is 15.5 Å². The standard InChI is InChI=1S/C15H23N3O2.ClH/c1-20-14(13-5-3-2-4-6-13)15(19)17-9-12-18-10-7-16-8-11-18;/h2-6,14,16H,7-12H2,1H3,(H,17,19);1H. The van der Waals surface area contributed by atoms with E-state index in [-0.39, 0.29) is 18.3 Å². The fraction of sp³-hybridized carbons (Fsp3) is 0.533. The van der Waals surface area contributed by atoms with Crippen LogP contribution in [0.1, 0.15) is 11.7 Å². The SMILES string of the molecule is COC(C(=O)NCCN1CCNCC1)c1ccccc1.Cl. The van der Waals surface area contributed by atoms with Gasteiger partial charge in [0.2, 0.25) is 0 Å². The van der Waals surface area contributed by atoms with Crippen LogP contribution in [0.2, 0.25) is 0 Å². The zero-order chi connectivity index (χ0) is 14.2. The van der Waals surface area contributed by atoms with E-state index in [1.165, 1.54) is 0 Å². The van der Waals surface area contributed by atoms with Crippen molar-refractivity contribution in [3.05, 3.63) is 35.9 Å². The van der Waals surface area contributed by atoms with E-state index in [1.54, 1.807) is 7.11 Å². The third-order valence-corrected chi connectivity index (χ3v) is 3.51. The summed E-state index contributed by atoms with van der Waals surface area (Å²) in [5.74, 6) is -0.0752. The lowest BCUT2D eigenvalue weighted by molar-refractivity contribution is -0.131. The van der Waals surface area contributed by atoms with Crippen molar-refractivity contribution in [2.45, 2.75) is 6.10 Å². The van der Waals surface area contributed by atoms with Gasteiger partial charge in [-0.3, -0.25) is 9.69 Å². The maximum atomic E-state index is 12.1.